The topological polar surface area (TPSA) is 73.9 Å². The van der Waals surface area contributed by atoms with E-state index in [1.165, 1.54) is 7.11 Å². The number of nitrogens with one attached hydrogen (secondary N) is 1. The van der Waals surface area contributed by atoms with E-state index in [0.29, 0.717) is 17.9 Å². The van der Waals surface area contributed by atoms with Gasteiger partial charge in [0.1, 0.15) is 30.8 Å². The van der Waals surface area contributed by atoms with Crippen LogP contribution in [0.2, 0.25) is 0 Å². The second-order valence-corrected chi connectivity index (χ2v) is 6.55. The van der Waals surface area contributed by atoms with E-state index in [-0.39, 0.29) is 13.0 Å². The molecule has 0 unspecified atom stereocenters. The molecule has 1 amide bonds. The third-order valence-electron chi connectivity index (χ3n) is 4.32. The first-order valence-corrected chi connectivity index (χ1v) is 9.54. The molecule has 0 saturated carbocycles. The van der Waals surface area contributed by atoms with Gasteiger partial charge in [0.25, 0.3) is 5.91 Å². The number of hydrogen-bond acceptors (Lipinski definition) is 5. The van der Waals surface area contributed by atoms with Crippen molar-refractivity contribution in [3.05, 3.63) is 84.5 Å². The molecule has 0 aliphatic heterocycles. The highest BCUT2D eigenvalue weighted by Gasteiger charge is 2.24. The molecule has 0 radical (unpaired) electrons. The van der Waals surface area contributed by atoms with Crippen LogP contribution in [0, 0.1) is 6.92 Å². The Hall–Kier alpha value is -3.54. The largest absolute Gasteiger partial charge is 0.489 e. The Morgan fingerprint density at radius 1 is 1.03 bits per heavy atom. The van der Waals surface area contributed by atoms with Gasteiger partial charge >= 0.3 is 5.97 Å². The molecule has 1 atom stereocenters. The predicted octanol–water partition coefficient (Wildman–Crippen LogP) is 3.64. The van der Waals surface area contributed by atoms with Gasteiger partial charge in [0.2, 0.25) is 0 Å². The Labute approximate surface area is 177 Å². The average molecular weight is 409 g/mol. The summed E-state index contributed by atoms with van der Waals surface area (Å²) < 4.78 is 16.0. The van der Waals surface area contributed by atoms with Crippen molar-refractivity contribution in [2.24, 2.45) is 0 Å². The molecule has 0 spiro atoms. The minimum Gasteiger partial charge on any atom is -0.489 e. The van der Waals surface area contributed by atoms with Gasteiger partial charge in [0.15, 0.2) is 0 Å². The molecule has 6 nitrogen and oxygen atoms in total. The van der Waals surface area contributed by atoms with E-state index in [1.807, 2.05) is 25.1 Å². The summed E-state index contributed by atoms with van der Waals surface area (Å²) in [4.78, 5) is 25.2. The molecule has 0 aromatic heterocycles. The molecule has 0 aliphatic rings. The van der Waals surface area contributed by atoms with Crippen LogP contribution in [0.3, 0.4) is 0 Å². The highest BCUT2D eigenvalue weighted by Crippen LogP contribution is 2.21. The number of ether oxygens (including phenoxy) is 3. The molecular weight excluding hydrogens is 382 g/mol. The number of benzene rings is 2. The molecule has 1 N–H and O–H groups in total. The van der Waals surface area contributed by atoms with E-state index >= 15 is 0 Å². The predicted molar refractivity (Wildman–Crippen MR) is 116 cm³/mol. The van der Waals surface area contributed by atoms with Crippen molar-refractivity contribution in [3.8, 4) is 11.5 Å². The van der Waals surface area contributed by atoms with Gasteiger partial charge < -0.3 is 19.5 Å². The maximum Gasteiger partial charge on any atom is 0.328 e. The smallest absolute Gasteiger partial charge is 0.328 e. The fourth-order valence-electron chi connectivity index (χ4n) is 2.89. The molecule has 30 heavy (non-hydrogen) atoms. The van der Waals surface area contributed by atoms with Gasteiger partial charge in [-0.1, -0.05) is 49.6 Å². The quantitative estimate of drug-likeness (QED) is 0.453. The van der Waals surface area contributed by atoms with Crippen molar-refractivity contribution in [2.75, 3.05) is 20.3 Å². The zero-order chi connectivity index (χ0) is 21.9. The first kappa shape index (κ1) is 22.7. The molecule has 158 valence electrons. The first-order chi connectivity index (χ1) is 14.5. The maximum atomic E-state index is 12.8. The van der Waals surface area contributed by atoms with Crippen LogP contribution in [0.25, 0.3) is 0 Å². The van der Waals surface area contributed by atoms with Crippen molar-refractivity contribution < 1.29 is 23.8 Å². The molecule has 6 heteroatoms. The number of hydrogen-bond donors (Lipinski definition) is 1. The number of carbonyl (C=O) groups excluding carboxylic acids is 2. The zero-order valence-corrected chi connectivity index (χ0v) is 17.4. The second-order valence-electron chi connectivity index (χ2n) is 6.55. The lowest BCUT2D eigenvalue weighted by atomic mass is 10.0. The molecular formula is C24H27NO5. The van der Waals surface area contributed by atoms with E-state index in [4.69, 9.17) is 14.2 Å². The van der Waals surface area contributed by atoms with Gasteiger partial charge in [-0.25, -0.2) is 4.79 Å². The third-order valence-corrected chi connectivity index (χ3v) is 4.32. The summed E-state index contributed by atoms with van der Waals surface area (Å²) in [6.45, 7) is 9.84. The van der Waals surface area contributed by atoms with Crippen LogP contribution in [0.5, 0.6) is 11.5 Å². The Morgan fingerprint density at radius 3 is 2.33 bits per heavy atom. The Balaban J connectivity index is 2.18. The molecule has 0 heterocycles. The van der Waals surface area contributed by atoms with Crippen molar-refractivity contribution >= 4 is 11.9 Å². The molecule has 0 saturated heterocycles. The highest BCUT2D eigenvalue weighted by atomic mass is 16.5. The van der Waals surface area contributed by atoms with Gasteiger partial charge in [0.05, 0.1) is 12.7 Å². The minimum absolute atomic E-state index is 0.268. The van der Waals surface area contributed by atoms with E-state index in [2.05, 4.69) is 18.5 Å². The van der Waals surface area contributed by atoms with Gasteiger partial charge in [-0.15, -0.1) is 0 Å². The summed E-state index contributed by atoms with van der Waals surface area (Å²) in [7, 11) is 1.29. The fourth-order valence-corrected chi connectivity index (χ4v) is 2.89. The Morgan fingerprint density at radius 2 is 1.70 bits per heavy atom. The van der Waals surface area contributed by atoms with Crippen molar-refractivity contribution in [1.29, 1.82) is 0 Å². The fraction of sp³-hybridized carbons (Fsp3) is 0.250. The molecule has 2 rings (SSSR count). The summed E-state index contributed by atoms with van der Waals surface area (Å²) in [5.74, 6) is 0.203. The maximum absolute atomic E-state index is 12.8. The summed E-state index contributed by atoms with van der Waals surface area (Å²) in [6.07, 6.45) is 3.54. The molecule has 0 aliphatic carbocycles. The van der Waals surface area contributed by atoms with Crippen molar-refractivity contribution in [2.45, 2.75) is 19.4 Å². The van der Waals surface area contributed by atoms with E-state index in [1.54, 1.807) is 36.4 Å². The second kappa shape index (κ2) is 11.5. The van der Waals surface area contributed by atoms with E-state index in [0.717, 1.165) is 16.9 Å². The van der Waals surface area contributed by atoms with Crippen molar-refractivity contribution in [1.82, 2.24) is 5.32 Å². The third kappa shape index (κ3) is 6.24. The van der Waals surface area contributed by atoms with Crippen LogP contribution < -0.4 is 14.8 Å². The van der Waals surface area contributed by atoms with Crippen LogP contribution in [0.15, 0.2) is 67.8 Å². The molecule has 0 fully saturated rings. The number of rotatable bonds is 11. The van der Waals surface area contributed by atoms with Crippen LogP contribution in [-0.4, -0.2) is 38.2 Å². The molecule has 2 aromatic rings. The van der Waals surface area contributed by atoms with Crippen LogP contribution >= 0.6 is 0 Å². The van der Waals surface area contributed by atoms with Crippen LogP contribution in [0.1, 0.15) is 21.5 Å². The standard InChI is InChI=1S/C24H27NO5/c1-5-13-29-21-12-11-18(15-17(21)3)16-20(24(27)28-4)25-23(26)19-9-7-8-10-22(19)30-14-6-2/h5-12,15,20H,1-2,13-14,16H2,3-4H3,(H,25,26)/t20-/m0/s1. The lowest BCUT2D eigenvalue weighted by Crippen LogP contribution is -2.43. The van der Waals surface area contributed by atoms with Crippen molar-refractivity contribution in [3.63, 3.8) is 0 Å². The van der Waals surface area contributed by atoms with Crippen LogP contribution in [0.4, 0.5) is 0 Å². The lowest BCUT2D eigenvalue weighted by molar-refractivity contribution is -0.142. The summed E-state index contributed by atoms with van der Waals surface area (Å²) >= 11 is 0. The molecule has 2 aromatic carbocycles. The SMILES string of the molecule is C=CCOc1ccc(C[C@H](NC(=O)c2ccccc2OCC=C)C(=O)OC)cc1C. The highest BCUT2D eigenvalue weighted by molar-refractivity contribution is 5.99. The first-order valence-electron chi connectivity index (χ1n) is 9.54. The number of amides is 1. The number of esters is 1. The van der Waals surface area contributed by atoms with E-state index < -0.39 is 17.9 Å². The number of aryl methyl sites for hydroxylation is 1. The number of methoxy groups -OCH3 is 1. The monoisotopic (exact) mass is 409 g/mol. The van der Waals surface area contributed by atoms with Gasteiger partial charge in [-0.2, -0.15) is 0 Å². The number of para-hydroxylation sites is 1. The zero-order valence-electron chi connectivity index (χ0n) is 17.4. The lowest BCUT2D eigenvalue weighted by Gasteiger charge is -2.18. The summed E-state index contributed by atoms with van der Waals surface area (Å²) in [6, 6.07) is 11.6. The van der Waals surface area contributed by atoms with Crippen LogP contribution in [-0.2, 0) is 16.0 Å². The molecule has 0 bridgehead atoms. The van der Waals surface area contributed by atoms with E-state index in [9.17, 15) is 9.59 Å². The average Bonchev–Trinajstić information content (AvgIpc) is 2.76. The van der Waals surface area contributed by atoms with Gasteiger partial charge in [0, 0.05) is 6.42 Å². The summed E-state index contributed by atoms with van der Waals surface area (Å²) in [5.41, 5.74) is 2.12. The van der Waals surface area contributed by atoms with Gasteiger partial charge in [-0.3, -0.25) is 4.79 Å². The Kier molecular flexibility index (Phi) is 8.69. The van der Waals surface area contributed by atoms with Gasteiger partial charge in [-0.05, 0) is 36.2 Å². The summed E-state index contributed by atoms with van der Waals surface area (Å²) in [5, 5.41) is 2.75. The minimum atomic E-state index is -0.852. The Bertz CT molecular complexity index is 906. The number of carbonyl (C=O) groups is 2. The normalized spacial score (nSPS) is 11.1.